The normalized spacial score (nSPS) is 10.9. The van der Waals surface area contributed by atoms with Crippen LogP contribution in [0.5, 0.6) is 5.75 Å². The first kappa shape index (κ1) is 18.0. The number of ether oxygens (including phenoxy) is 1. The first-order valence-electron chi connectivity index (χ1n) is 6.95. The maximum absolute atomic E-state index is 12.3. The van der Waals surface area contributed by atoms with E-state index in [-0.39, 0.29) is 4.90 Å². The van der Waals surface area contributed by atoms with E-state index in [9.17, 15) is 13.2 Å². The number of anilines is 1. The summed E-state index contributed by atoms with van der Waals surface area (Å²) in [5.74, 6) is -0.842. The van der Waals surface area contributed by atoms with Crippen LogP contribution in [-0.4, -0.2) is 27.2 Å². The molecule has 2 aromatic rings. The molecule has 0 spiro atoms. The minimum absolute atomic E-state index is 0.0393. The van der Waals surface area contributed by atoms with Crippen molar-refractivity contribution in [1.82, 2.24) is 0 Å². The summed E-state index contributed by atoms with van der Waals surface area (Å²) < 4.78 is 29.6. The average Bonchev–Trinajstić information content (AvgIpc) is 2.80. The highest BCUT2D eigenvalue weighted by Crippen LogP contribution is 2.31. The number of methoxy groups -OCH3 is 1. The zero-order valence-electron chi connectivity index (χ0n) is 13.4. The van der Waals surface area contributed by atoms with Gasteiger partial charge in [-0.05, 0) is 43.7 Å². The third-order valence-electron chi connectivity index (χ3n) is 3.49. The minimum atomic E-state index is -3.77. The van der Waals surface area contributed by atoms with Gasteiger partial charge in [-0.1, -0.05) is 0 Å². The molecule has 0 bridgehead atoms. The van der Waals surface area contributed by atoms with Crippen LogP contribution in [0.2, 0.25) is 0 Å². The first-order chi connectivity index (χ1) is 11.3. The van der Waals surface area contributed by atoms with E-state index in [1.807, 2.05) is 13.0 Å². The Kier molecular flexibility index (Phi) is 5.26. The quantitative estimate of drug-likeness (QED) is 0.880. The highest BCUT2D eigenvalue weighted by molar-refractivity contribution is 7.92. The van der Waals surface area contributed by atoms with Crippen molar-refractivity contribution in [3.8, 4) is 11.8 Å². The number of benzene rings is 1. The van der Waals surface area contributed by atoms with E-state index in [1.54, 1.807) is 6.92 Å². The Morgan fingerprint density at radius 3 is 2.46 bits per heavy atom. The summed E-state index contributed by atoms with van der Waals surface area (Å²) in [4.78, 5) is 13.0. The van der Waals surface area contributed by atoms with E-state index in [0.717, 1.165) is 10.4 Å². The Balaban J connectivity index is 2.17. The van der Waals surface area contributed by atoms with Crippen molar-refractivity contribution in [3.63, 3.8) is 0 Å². The van der Waals surface area contributed by atoms with Crippen LogP contribution in [0.15, 0.2) is 29.2 Å². The molecule has 1 aromatic carbocycles. The largest absolute Gasteiger partial charge is 0.497 e. The van der Waals surface area contributed by atoms with Crippen molar-refractivity contribution in [3.05, 3.63) is 40.3 Å². The summed E-state index contributed by atoms with van der Waals surface area (Å²) in [5, 5.41) is 12.1. The maximum Gasteiger partial charge on any atom is 0.240 e. The standard InChI is InChI=1S/C16H16N2O4S2/c1-10-11(2)23-16(14(10)8-17)18-15(19)9-24(20,21)13-6-4-12(22-3)5-7-13/h4-7H,9H2,1-3H3,(H,18,19). The fraction of sp³-hybridized carbons (Fsp3) is 0.250. The van der Waals surface area contributed by atoms with Crippen LogP contribution in [-0.2, 0) is 14.6 Å². The Labute approximate surface area is 144 Å². The van der Waals surface area contributed by atoms with Gasteiger partial charge < -0.3 is 10.1 Å². The SMILES string of the molecule is COc1ccc(S(=O)(=O)CC(=O)Nc2sc(C)c(C)c2C#N)cc1. The van der Waals surface area contributed by atoms with Gasteiger partial charge in [0.15, 0.2) is 9.84 Å². The molecule has 0 radical (unpaired) electrons. The number of carbonyl (C=O) groups excluding carboxylic acids is 1. The summed E-state index contributed by atoms with van der Waals surface area (Å²) in [6.45, 7) is 3.62. The monoisotopic (exact) mass is 364 g/mol. The third kappa shape index (κ3) is 3.75. The predicted octanol–water partition coefficient (Wildman–Crippen LogP) is 2.66. The number of thiophene rings is 1. The molecule has 1 aromatic heterocycles. The Morgan fingerprint density at radius 2 is 1.92 bits per heavy atom. The van der Waals surface area contributed by atoms with E-state index in [4.69, 9.17) is 10.00 Å². The van der Waals surface area contributed by atoms with Crippen LogP contribution in [0, 0.1) is 25.2 Å². The lowest BCUT2D eigenvalue weighted by Gasteiger charge is -2.06. The van der Waals surface area contributed by atoms with E-state index in [2.05, 4.69) is 5.32 Å². The number of amides is 1. The molecule has 0 aliphatic heterocycles. The summed E-state index contributed by atoms with van der Waals surface area (Å²) >= 11 is 1.25. The highest BCUT2D eigenvalue weighted by Gasteiger charge is 2.21. The van der Waals surface area contributed by atoms with Gasteiger partial charge in [-0.25, -0.2) is 8.42 Å². The number of aryl methyl sites for hydroxylation is 1. The van der Waals surface area contributed by atoms with Crippen LogP contribution in [0.4, 0.5) is 5.00 Å². The maximum atomic E-state index is 12.3. The van der Waals surface area contributed by atoms with Crippen molar-refractivity contribution >= 4 is 32.1 Å². The van der Waals surface area contributed by atoms with Gasteiger partial charge in [0.2, 0.25) is 5.91 Å². The molecule has 1 heterocycles. The Bertz CT molecular complexity index is 907. The molecule has 0 aliphatic carbocycles. The van der Waals surface area contributed by atoms with Crippen LogP contribution in [0.1, 0.15) is 16.0 Å². The number of hydrogen-bond acceptors (Lipinski definition) is 6. The second-order valence-electron chi connectivity index (χ2n) is 5.08. The smallest absolute Gasteiger partial charge is 0.240 e. The zero-order chi connectivity index (χ0) is 17.9. The molecule has 0 unspecified atom stereocenters. The van der Waals surface area contributed by atoms with Gasteiger partial charge in [0, 0.05) is 4.88 Å². The Hall–Kier alpha value is -2.37. The van der Waals surface area contributed by atoms with E-state index >= 15 is 0 Å². The zero-order valence-corrected chi connectivity index (χ0v) is 15.0. The van der Waals surface area contributed by atoms with E-state index < -0.39 is 21.5 Å². The molecule has 1 N–H and O–H groups in total. The van der Waals surface area contributed by atoms with Crippen molar-refractivity contribution in [1.29, 1.82) is 5.26 Å². The van der Waals surface area contributed by atoms with Gasteiger partial charge in [0.1, 0.15) is 22.6 Å². The van der Waals surface area contributed by atoms with E-state index in [0.29, 0.717) is 16.3 Å². The van der Waals surface area contributed by atoms with Gasteiger partial charge in [-0.3, -0.25) is 4.79 Å². The number of nitrogens with one attached hydrogen (secondary N) is 1. The van der Waals surface area contributed by atoms with Crippen LogP contribution in [0.25, 0.3) is 0 Å². The second-order valence-corrected chi connectivity index (χ2v) is 8.30. The van der Waals surface area contributed by atoms with Crippen LogP contribution in [0.3, 0.4) is 0 Å². The predicted molar refractivity (Wildman–Crippen MR) is 92.2 cm³/mol. The average molecular weight is 364 g/mol. The molecule has 6 nitrogen and oxygen atoms in total. The Morgan fingerprint density at radius 1 is 1.29 bits per heavy atom. The number of carbonyl (C=O) groups is 1. The lowest BCUT2D eigenvalue weighted by molar-refractivity contribution is -0.113. The van der Waals surface area contributed by atoms with Crippen molar-refractivity contribution in [2.75, 3.05) is 18.2 Å². The number of sulfone groups is 1. The molecule has 1 amide bonds. The molecule has 0 aliphatic rings. The van der Waals surface area contributed by atoms with Crippen molar-refractivity contribution in [2.24, 2.45) is 0 Å². The molecule has 126 valence electrons. The molecule has 0 saturated carbocycles. The number of nitriles is 1. The fourth-order valence-electron chi connectivity index (χ4n) is 2.05. The van der Waals surface area contributed by atoms with Crippen LogP contribution >= 0.6 is 11.3 Å². The molecule has 0 fully saturated rings. The number of hydrogen-bond donors (Lipinski definition) is 1. The van der Waals surface area contributed by atoms with Gasteiger partial charge in [0.25, 0.3) is 0 Å². The molecular weight excluding hydrogens is 348 g/mol. The van der Waals surface area contributed by atoms with Gasteiger partial charge in [-0.2, -0.15) is 5.26 Å². The molecule has 0 atom stereocenters. The van der Waals surface area contributed by atoms with Crippen molar-refractivity contribution < 1.29 is 17.9 Å². The highest BCUT2D eigenvalue weighted by atomic mass is 32.2. The van der Waals surface area contributed by atoms with Crippen molar-refractivity contribution in [2.45, 2.75) is 18.7 Å². The molecule has 24 heavy (non-hydrogen) atoms. The summed E-state index contributed by atoms with van der Waals surface area (Å²) in [5.41, 5.74) is 1.16. The molecular formula is C16H16N2O4S2. The second kappa shape index (κ2) is 7.03. The lowest BCUT2D eigenvalue weighted by atomic mass is 10.2. The molecule has 2 rings (SSSR count). The topological polar surface area (TPSA) is 96.3 Å². The minimum Gasteiger partial charge on any atom is -0.497 e. The van der Waals surface area contributed by atoms with Gasteiger partial charge >= 0.3 is 0 Å². The summed E-state index contributed by atoms with van der Waals surface area (Å²) in [6.07, 6.45) is 0. The fourth-order valence-corrected chi connectivity index (χ4v) is 4.21. The summed E-state index contributed by atoms with van der Waals surface area (Å²) in [7, 11) is -2.29. The number of rotatable bonds is 5. The summed E-state index contributed by atoms with van der Waals surface area (Å²) in [6, 6.07) is 7.85. The van der Waals surface area contributed by atoms with E-state index in [1.165, 1.54) is 42.7 Å². The first-order valence-corrected chi connectivity index (χ1v) is 9.42. The van der Waals surface area contributed by atoms with Gasteiger partial charge in [-0.15, -0.1) is 11.3 Å². The van der Waals surface area contributed by atoms with Crippen LogP contribution < -0.4 is 10.1 Å². The number of nitrogens with zero attached hydrogens (tertiary/aromatic N) is 1. The molecule has 0 saturated heterocycles. The lowest BCUT2D eigenvalue weighted by Crippen LogP contribution is -2.23. The molecule has 8 heteroatoms. The van der Waals surface area contributed by atoms with Gasteiger partial charge in [0.05, 0.1) is 17.6 Å². The third-order valence-corrected chi connectivity index (χ3v) is 6.25.